The number of nitro groups is 1. The van der Waals surface area contributed by atoms with Crippen LogP contribution in [-0.2, 0) is 0 Å². The van der Waals surface area contributed by atoms with E-state index in [0.29, 0.717) is 5.56 Å². The highest BCUT2D eigenvalue weighted by atomic mass is 127. The fourth-order valence-electron chi connectivity index (χ4n) is 1.37. The first-order valence-corrected chi connectivity index (χ1v) is 6.15. The summed E-state index contributed by atoms with van der Waals surface area (Å²) in [5, 5.41) is 10.7. The van der Waals surface area contributed by atoms with E-state index in [1.165, 1.54) is 25.4 Å². The zero-order valence-electron chi connectivity index (χ0n) is 9.63. The number of hydrogen-bond acceptors (Lipinski definition) is 5. The lowest BCUT2D eigenvalue weighted by Gasteiger charge is -2.06. The van der Waals surface area contributed by atoms with Gasteiger partial charge in [0.2, 0.25) is 0 Å². The maximum absolute atomic E-state index is 13.7. The van der Waals surface area contributed by atoms with Gasteiger partial charge in [0.1, 0.15) is 0 Å². The van der Waals surface area contributed by atoms with Gasteiger partial charge in [-0.15, -0.1) is 0 Å². The molecule has 0 bridgehead atoms. The summed E-state index contributed by atoms with van der Waals surface area (Å²) in [5.41, 5.74) is 0.000269. The lowest BCUT2D eigenvalue weighted by atomic mass is 10.2. The fraction of sp³-hybridized carbons (Fsp3) is 0.0909. The Morgan fingerprint density at radius 3 is 2.58 bits per heavy atom. The van der Waals surface area contributed by atoms with Gasteiger partial charge in [-0.1, -0.05) is 0 Å². The number of benzene rings is 1. The Labute approximate surface area is 120 Å². The second-order valence-corrected chi connectivity index (χ2v) is 4.86. The van der Waals surface area contributed by atoms with Crippen molar-refractivity contribution in [1.82, 2.24) is 9.97 Å². The molecule has 0 aliphatic carbocycles. The molecule has 0 saturated heterocycles. The summed E-state index contributed by atoms with van der Waals surface area (Å²) in [4.78, 5) is 17.7. The summed E-state index contributed by atoms with van der Waals surface area (Å²) < 4.78 is 19.6. The molecule has 0 atom stereocenters. The molecule has 0 saturated carbocycles. The number of halogens is 2. The molecule has 6 nitrogen and oxygen atoms in total. The monoisotopic (exact) mass is 375 g/mol. The van der Waals surface area contributed by atoms with Crippen LogP contribution in [0.25, 0.3) is 0 Å². The van der Waals surface area contributed by atoms with Crippen LogP contribution < -0.4 is 4.74 Å². The van der Waals surface area contributed by atoms with E-state index in [0.717, 1.165) is 9.64 Å². The summed E-state index contributed by atoms with van der Waals surface area (Å²) in [5.74, 6) is -0.983. The molecule has 0 aliphatic heterocycles. The predicted molar refractivity (Wildman–Crippen MR) is 72.6 cm³/mol. The van der Waals surface area contributed by atoms with Crippen LogP contribution in [0.4, 0.5) is 10.1 Å². The molecule has 2 rings (SSSR count). The van der Waals surface area contributed by atoms with Gasteiger partial charge in [-0.2, -0.15) is 0 Å². The van der Waals surface area contributed by atoms with Gasteiger partial charge in [0.25, 0.3) is 5.69 Å². The van der Waals surface area contributed by atoms with E-state index in [1.807, 2.05) is 22.6 Å². The van der Waals surface area contributed by atoms with Crippen LogP contribution in [0, 0.1) is 26.4 Å². The summed E-state index contributed by atoms with van der Waals surface area (Å²) in [6.45, 7) is 1.50. The average Bonchev–Trinajstić information content (AvgIpc) is 2.35. The van der Waals surface area contributed by atoms with E-state index >= 15 is 0 Å². The number of rotatable bonds is 3. The molecule has 8 heteroatoms. The number of aryl methyl sites for hydroxylation is 1. The summed E-state index contributed by atoms with van der Waals surface area (Å²) in [7, 11) is 0. The third kappa shape index (κ3) is 3.13. The lowest BCUT2D eigenvalue weighted by Crippen LogP contribution is -1.98. The van der Waals surface area contributed by atoms with E-state index in [9.17, 15) is 14.5 Å². The zero-order chi connectivity index (χ0) is 14.0. The molecule has 2 aromatic rings. The van der Waals surface area contributed by atoms with Crippen molar-refractivity contribution < 1.29 is 14.1 Å². The number of aromatic nitrogens is 2. The van der Waals surface area contributed by atoms with Crippen molar-refractivity contribution in [3.05, 3.63) is 49.6 Å². The first-order valence-electron chi connectivity index (χ1n) is 5.07. The van der Waals surface area contributed by atoms with Crippen molar-refractivity contribution in [2.75, 3.05) is 0 Å². The molecule has 1 aromatic heterocycles. The smallest absolute Gasteiger partial charge is 0.322 e. The SMILES string of the molecule is Cc1cc(Oc2ncc(I)cn2)c(F)cc1[N+](=O)[O-]. The molecule has 98 valence electrons. The van der Waals surface area contributed by atoms with Gasteiger partial charge in [0.15, 0.2) is 11.6 Å². The highest BCUT2D eigenvalue weighted by molar-refractivity contribution is 14.1. The zero-order valence-corrected chi connectivity index (χ0v) is 11.8. The number of ether oxygens (including phenoxy) is 1. The Morgan fingerprint density at radius 1 is 1.37 bits per heavy atom. The highest BCUT2D eigenvalue weighted by Crippen LogP contribution is 2.29. The first kappa shape index (κ1) is 13.6. The van der Waals surface area contributed by atoms with Gasteiger partial charge < -0.3 is 4.74 Å². The van der Waals surface area contributed by atoms with Gasteiger partial charge in [0.05, 0.1) is 11.0 Å². The number of hydrogen-bond donors (Lipinski definition) is 0. The maximum atomic E-state index is 13.7. The van der Waals surface area contributed by atoms with Crippen molar-refractivity contribution in [3.63, 3.8) is 0 Å². The minimum absolute atomic E-state index is 0.0208. The van der Waals surface area contributed by atoms with Crippen LogP contribution in [0.1, 0.15) is 5.56 Å². The standard InChI is InChI=1S/C11H7FIN3O3/c1-6-2-10(8(12)3-9(6)16(17)18)19-11-14-4-7(13)5-15-11/h2-5H,1H3. The van der Waals surface area contributed by atoms with Gasteiger partial charge in [-0.05, 0) is 35.6 Å². The molecule has 19 heavy (non-hydrogen) atoms. The molecule has 0 fully saturated rings. The van der Waals surface area contributed by atoms with Gasteiger partial charge in [-0.25, -0.2) is 14.4 Å². The molecule has 0 spiro atoms. The van der Waals surface area contributed by atoms with Crippen LogP contribution in [-0.4, -0.2) is 14.9 Å². The van der Waals surface area contributed by atoms with Gasteiger partial charge in [-0.3, -0.25) is 10.1 Å². The third-order valence-electron chi connectivity index (χ3n) is 2.25. The lowest BCUT2D eigenvalue weighted by molar-refractivity contribution is -0.385. The van der Waals surface area contributed by atoms with Crippen molar-refractivity contribution in [2.45, 2.75) is 6.92 Å². The predicted octanol–water partition coefficient (Wildman–Crippen LogP) is 3.23. The molecule has 1 heterocycles. The first-order chi connectivity index (χ1) is 8.97. The maximum Gasteiger partial charge on any atom is 0.322 e. The molecule has 0 radical (unpaired) electrons. The Kier molecular flexibility index (Phi) is 3.88. The van der Waals surface area contributed by atoms with Gasteiger partial charge in [0, 0.05) is 21.5 Å². The molecular formula is C11H7FIN3O3. The van der Waals surface area contributed by atoms with E-state index in [1.54, 1.807) is 0 Å². The van der Waals surface area contributed by atoms with E-state index in [-0.39, 0.29) is 17.4 Å². The largest absolute Gasteiger partial charge is 0.421 e. The molecular weight excluding hydrogens is 368 g/mol. The molecule has 0 amide bonds. The minimum atomic E-state index is -0.834. The fourth-order valence-corrected chi connectivity index (χ4v) is 1.65. The highest BCUT2D eigenvalue weighted by Gasteiger charge is 2.17. The molecule has 1 aromatic carbocycles. The average molecular weight is 375 g/mol. The van der Waals surface area contributed by atoms with Gasteiger partial charge >= 0.3 is 6.01 Å². The minimum Gasteiger partial charge on any atom is -0.421 e. The van der Waals surface area contributed by atoms with E-state index in [2.05, 4.69) is 9.97 Å². The van der Waals surface area contributed by atoms with E-state index < -0.39 is 10.7 Å². The van der Waals surface area contributed by atoms with Crippen LogP contribution in [0.2, 0.25) is 0 Å². The molecule has 0 aliphatic rings. The quantitative estimate of drug-likeness (QED) is 0.468. The second-order valence-electron chi connectivity index (χ2n) is 3.61. The molecule has 0 unspecified atom stereocenters. The van der Waals surface area contributed by atoms with E-state index in [4.69, 9.17) is 4.74 Å². The molecule has 0 N–H and O–H groups in total. The van der Waals surface area contributed by atoms with Crippen LogP contribution in [0.5, 0.6) is 11.8 Å². The Balaban J connectivity index is 2.33. The summed E-state index contributed by atoms with van der Waals surface area (Å²) in [6, 6.07) is 2.04. The normalized spacial score (nSPS) is 10.3. The second kappa shape index (κ2) is 5.43. The summed E-state index contributed by atoms with van der Waals surface area (Å²) >= 11 is 2.02. The summed E-state index contributed by atoms with van der Waals surface area (Å²) in [6.07, 6.45) is 3.03. The van der Waals surface area contributed by atoms with Crippen LogP contribution in [0.3, 0.4) is 0 Å². The third-order valence-corrected chi connectivity index (χ3v) is 2.80. The van der Waals surface area contributed by atoms with Crippen LogP contribution in [0.15, 0.2) is 24.5 Å². The topological polar surface area (TPSA) is 78.2 Å². The van der Waals surface area contributed by atoms with Crippen molar-refractivity contribution in [1.29, 1.82) is 0 Å². The van der Waals surface area contributed by atoms with Crippen molar-refractivity contribution >= 4 is 28.3 Å². The van der Waals surface area contributed by atoms with Crippen molar-refractivity contribution in [3.8, 4) is 11.8 Å². The number of nitrogens with zero attached hydrogens (tertiary/aromatic N) is 3. The Hall–Kier alpha value is -1.84. The Morgan fingerprint density at radius 2 is 2.00 bits per heavy atom. The van der Waals surface area contributed by atoms with Crippen LogP contribution >= 0.6 is 22.6 Å². The Bertz CT molecular complexity index is 634. The van der Waals surface area contributed by atoms with Crippen molar-refractivity contribution in [2.24, 2.45) is 0 Å². The number of nitro benzene ring substituents is 1.